The Labute approximate surface area is 148 Å². The van der Waals surface area contributed by atoms with Gasteiger partial charge < -0.3 is 5.32 Å². The van der Waals surface area contributed by atoms with Crippen molar-refractivity contribution in [2.75, 3.05) is 5.32 Å². The van der Waals surface area contributed by atoms with Crippen LogP contribution in [-0.4, -0.2) is 15.7 Å². The summed E-state index contributed by atoms with van der Waals surface area (Å²) in [6, 6.07) is 14.1. The third-order valence-electron chi connectivity index (χ3n) is 4.24. The number of carbonyl (C=O) groups excluding carboxylic acids is 1. The first-order valence-corrected chi connectivity index (χ1v) is 8.49. The van der Waals surface area contributed by atoms with E-state index in [0.29, 0.717) is 12.8 Å². The van der Waals surface area contributed by atoms with Crippen LogP contribution in [0.4, 0.5) is 5.69 Å². The van der Waals surface area contributed by atoms with Crippen molar-refractivity contribution in [1.82, 2.24) is 9.78 Å². The van der Waals surface area contributed by atoms with E-state index in [1.165, 1.54) is 5.56 Å². The third kappa shape index (κ3) is 4.15. The van der Waals surface area contributed by atoms with E-state index in [4.69, 9.17) is 0 Å². The lowest BCUT2D eigenvalue weighted by molar-refractivity contribution is -0.116. The monoisotopic (exact) mass is 333 g/mol. The normalized spacial score (nSPS) is 10.7. The lowest BCUT2D eigenvalue weighted by Gasteiger charge is -2.12. The number of aryl methyl sites for hydroxylation is 4. The van der Waals surface area contributed by atoms with E-state index < -0.39 is 0 Å². The zero-order chi connectivity index (χ0) is 17.8. The molecule has 1 N–H and O–H groups in total. The van der Waals surface area contributed by atoms with Gasteiger partial charge in [-0.15, -0.1) is 0 Å². The van der Waals surface area contributed by atoms with E-state index >= 15 is 0 Å². The molecule has 0 saturated heterocycles. The molecule has 0 radical (unpaired) electrons. The molecule has 4 heteroatoms. The predicted molar refractivity (Wildman–Crippen MR) is 101 cm³/mol. The maximum atomic E-state index is 12.3. The zero-order valence-electron chi connectivity index (χ0n) is 14.9. The number of benzene rings is 2. The SMILES string of the molecule is Cc1cc(C)c(NC(=O)CCc2cnn(-c3ccccc3)c2)c(C)c1. The van der Waals surface area contributed by atoms with Crippen molar-refractivity contribution in [3.8, 4) is 5.69 Å². The van der Waals surface area contributed by atoms with Crippen LogP contribution >= 0.6 is 0 Å². The van der Waals surface area contributed by atoms with Gasteiger partial charge in [-0.1, -0.05) is 35.9 Å². The largest absolute Gasteiger partial charge is 0.326 e. The van der Waals surface area contributed by atoms with Crippen LogP contribution in [0.5, 0.6) is 0 Å². The van der Waals surface area contributed by atoms with E-state index in [2.05, 4.69) is 29.5 Å². The summed E-state index contributed by atoms with van der Waals surface area (Å²) in [7, 11) is 0. The van der Waals surface area contributed by atoms with Crippen molar-refractivity contribution >= 4 is 11.6 Å². The molecule has 4 nitrogen and oxygen atoms in total. The van der Waals surface area contributed by atoms with Crippen molar-refractivity contribution in [3.05, 3.63) is 77.1 Å². The van der Waals surface area contributed by atoms with E-state index in [9.17, 15) is 4.79 Å². The summed E-state index contributed by atoms with van der Waals surface area (Å²) in [4.78, 5) is 12.3. The van der Waals surface area contributed by atoms with Crippen LogP contribution in [0.3, 0.4) is 0 Å². The van der Waals surface area contributed by atoms with Gasteiger partial charge in [-0.05, 0) is 56.0 Å². The average Bonchev–Trinajstić information content (AvgIpc) is 3.06. The van der Waals surface area contributed by atoms with Crippen molar-refractivity contribution in [2.45, 2.75) is 33.6 Å². The van der Waals surface area contributed by atoms with Crippen molar-refractivity contribution < 1.29 is 4.79 Å². The molecule has 1 heterocycles. The number of amides is 1. The standard InChI is InChI=1S/C21H23N3O/c1-15-11-16(2)21(17(3)12-15)23-20(25)10-9-18-13-22-24(14-18)19-7-5-4-6-8-19/h4-8,11-14H,9-10H2,1-3H3,(H,23,25). The highest BCUT2D eigenvalue weighted by atomic mass is 16.1. The molecule has 0 spiro atoms. The first-order chi connectivity index (χ1) is 12.0. The van der Waals surface area contributed by atoms with Gasteiger partial charge in [0.25, 0.3) is 0 Å². The maximum Gasteiger partial charge on any atom is 0.224 e. The Hall–Kier alpha value is -2.88. The number of carbonyl (C=O) groups is 1. The fourth-order valence-electron chi connectivity index (χ4n) is 3.05. The number of hydrogen-bond acceptors (Lipinski definition) is 2. The van der Waals surface area contributed by atoms with Gasteiger partial charge in [0, 0.05) is 18.3 Å². The van der Waals surface area contributed by atoms with Gasteiger partial charge in [0.05, 0.1) is 11.9 Å². The number of rotatable bonds is 5. The number of nitrogens with zero attached hydrogens (tertiary/aromatic N) is 2. The van der Waals surface area contributed by atoms with Gasteiger partial charge >= 0.3 is 0 Å². The Morgan fingerprint density at radius 1 is 1.08 bits per heavy atom. The topological polar surface area (TPSA) is 46.9 Å². The molecule has 0 atom stereocenters. The van der Waals surface area contributed by atoms with Crippen LogP contribution in [0.25, 0.3) is 5.69 Å². The van der Waals surface area contributed by atoms with E-state index in [-0.39, 0.29) is 5.91 Å². The quantitative estimate of drug-likeness (QED) is 0.754. The highest BCUT2D eigenvalue weighted by Gasteiger charge is 2.09. The van der Waals surface area contributed by atoms with Gasteiger partial charge in [-0.2, -0.15) is 5.10 Å². The Kier molecular flexibility index (Phi) is 4.98. The molecule has 1 amide bonds. The number of nitrogens with one attached hydrogen (secondary N) is 1. The van der Waals surface area contributed by atoms with Crippen molar-refractivity contribution in [1.29, 1.82) is 0 Å². The fraction of sp³-hybridized carbons (Fsp3) is 0.238. The second kappa shape index (κ2) is 7.34. The Morgan fingerprint density at radius 3 is 2.44 bits per heavy atom. The number of para-hydroxylation sites is 1. The first-order valence-electron chi connectivity index (χ1n) is 8.49. The molecule has 25 heavy (non-hydrogen) atoms. The summed E-state index contributed by atoms with van der Waals surface area (Å²) < 4.78 is 1.83. The van der Waals surface area contributed by atoms with Gasteiger partial charge in [0.15, 0.2) is 0 Å². The van der Waals surface area contributed by atoms with E-state index in [1.807, 2.05) is 61.3 Å². The second-order valence-electron chi connectivity index (χ2n) is 6.45. The minimum absolute atomic E-state index is 0.0301. The highest BCUT2D eigenvalue weighted by molar-refractivity contribution is 5.92. The highest BCUT2D eigenvalue weighted by Crippen LogP contribution is 2.22. The molecule has 0 fully saturated rings. The summed E-state index contributed by atoms with van der Waals surface area (Å²) >= 11 is 0. The van der Waals surface area contributed by atoms with Gasteiger partial charge in [0.2, 0.25) is 5.91 Å². The molecule has 2 aromatic carbocycles. The summed E-state index contributed by atoms with van der Waals surface area (Å²) in [5.74, 6) is 0.0301. The lowest BCUT2D eigenvalue weighted by atomic mass is 10.0. The zero-order valence-corrected chi connectivity index (χ0v) is 14.9. The molecule has 0 bridgehead atoms. The molecule has 128 valence electrons. The first kappa shape index (κ1) is 17.0. The fourth-order valence-corrected chi connectivity index (χ4v) is 3.05. The molecule has 0 saturated carbocycles. The minimum Gasteiger partial charge on any atom is -0.326 e. The predicted octanol–water partition coefficient (Wildman–Crippen LogP) is 4.37. The average molecular weight is 333 g/mol. The molecule has 0 unspecified atom stereocenters. The minimum atomic E-state index is 0.0301. The van der Waals surface area contributed by atoms with E-state index in [0.717, 1.165) is 28.1 Å². The summed E-state index contributed by atoms with van der Waals surface area (Å²) in [5, 5.41) is 7.42. The molecule has 0 aliphatic rings. The van der Waals surface area contributed by atoms with Gasteiger partial charge in [-0.3, -0.25) is 4.79 Å². The molecule has 1 aromatic heterocycles. The smallest absolute Gasteiger partial charge is 0.224 e. The van der Waals surface area contributed by atoms with Crippen molar-refractivity contribution in [2.24, 2.45) is 0 Å². The third-order valence-corrected chi connectivity index (χ3v) is 4.24. The lowest BCUT2D eigenvalue weighted by Crippen LogP contribution is -2.14. The van der Waals surface area contributed by atoms with Crippen LogP contribution in [0.1, 0.15) is 28.7 Å². The Balaban J connectivity index is 1.61. The summed E-state index contributed by atoms with van der Waals surface area (Å²) in [6.07, 6.45) is 4.91. The molecule has 0 aliphatic carbocycles. The van der Waals surface area contributed by atoms with Gasteiger partial charge in [0.1, 0.15) is 0 Å². The molecule has 0 aliphatic heterocycles. The molecular weight excluding hydrogens is 310 g/mol. The number of anilines is 1. The maximum absolute atomic E-state index is 12.3. The second-order valence-corrected chi connectivity index (χ2v) is 6.45. The van der Waals surface area contributed by atoms with Gasteiger partial charge in [-0.25, -0.2) is 4.68 Å². The van der Waals surface area contributed by atoms with Crippen LogP contribution in [0.15, 0.2) is 54.9 Å². The molecule has 3 rings (SSSR count). The molecule has 3 aromatic rings. The van der Waals surface area contributed by atoms with E-state index in [1.54, 1.807) is 0 Å². The molecular formula is C21H23N3O. The van der Waals surface area contributed by atoms with Crippen LogP contribution in [-0.2, 0) is 11.2 Å². The Morgan fingerprint density at radius 2 is 1.76 bits per heavy atom. The Bertz CT molecular complexity index is 858. The summed E-state index contributed by atoms with van der Waals surface area (Å²) in [5.41, 5.74) is 6.41. The van der Waals surface area contributed by atoms with Crippen LogP contribution in [0, 0.1) is 20.8 Å². The van der Waals surface area contributed by atoms with Crippen molar-refractivity contribution in [3.63, 3.8) is 0 Å². The van der Waals surface area contributed by atoms with Crippen LogP contribution < -0.4 is 5.32 Å². The van der Waals surface area contributed by atoms with Crippen LogP contribution in [0.2, 0.25) is 0 Å². The number of hydrogen-bond donors (Lipinski definition) is 1. The summed E-state index contributed by atoms with van der Waals surface area (Å²) in [6.45, 7) is 6.12. The number of aromatic nitrogens is 2.